The van der Waals surface area contributed by atoms with E-state index in [1.807, 2.05) is 0 Å². The zero-order chi connectivity index (χ0) is 21.1. The quantitative estimate of drug-likeness (QED) is 0.442. The summed E-state index contributed by atoms with van der Waals surface area (Å²) in [6.07, 6.45) is 1.10. The van der Waals surface area contributed by atoms with Crippen molar-refractivity contribution in [3.8, 4) is 5.88 Å². The first-order valence-electron chi connectivity index (χ1n) is 8.83. The fourth-order valence-corrected chi connectivity index (χ4v) is 2.98. The van der Waals surface area contributed by atoms with Gasteiger partial charge in [-0.25, -0.2) is 23.5 Å². The van der Waals surface area contributed by atoms with Gasteiger partial charge in [0, 0.05) is 32.0 Å². The fourth-order valence-electron chi connectivity index (χ4n) is 2.98. The van der Waals surface area contributed by atoms with Gasteiger partial charge >= 0.3 is 6.09 Å². The second kappa shape index (κ2) is 8.25. The number of halogens is 2. The van der Waals surface area contributed by atoms with Crippen LogP contribution in [0.3, 0.4) is 0 Å². The number of nitrogen functional groups attached to an aromatic ring is 1. The molecule has 0 spiro atoms. The number of benzene rings is 1. The van der Waals surface area contributed by atoms with E-state index in [9.17, 15) is 13.6 Å². The van der Waals surface area contributed by atoms with Crippen LogP contribution in [0, 0.1) is 24.0 Å². The van der Waals surface area contributed by atoms with Gasteiger partial charge in [-0.3, -0.25) is 5.41 Å². The molecule has 2 heterocycles. The zero-order valence-electron chi connectivity index (χ0n) is 15.6. The molecule has 0 atom stereocenters. The van der Waals surface area contributed by atoms with Crippen LogP contribution in [0.5, 0.6) is 5.88 Å². The number of nitrogens with one attached hydrogen (secondary N) is 2. The molecule has 1 amide bonds. The minimum Gasteiger partial charge on any atom is -0.474 e. The number of carboxylic acid groups (broad SMARTS) is 1. The van der Waals surface area contributed by atoms with Crippen LogP contribution in [-0.4, -0.2) is 51.1 Å². The van der Waals surface area contributed by atoms with Crippen molar-refractivity contribution in [1.82, 2.24) is 14.9 Å². The standard InChI is InChI=1S/C18H20F2N6O3/c1-9-16(25-14-7-12(19)11(15(21)22)6-13(14)20)23-8-24-17(9)29-10-2-4-26(5-3-10)18(27)28/h6-8,10H,2-5H2,1H3,(H3,21,22)(H,27,28)(H,23,24,25). The van der Waals surface area contributed by atoms with Gasteiger partial charge in [-0.05, 0) is 13.0 Å². The van der Waals surface area contributed by atoms with E-state index < -0.39 is 23.6 Å². The molecule has 1 aliphatic heterocycles. The smallest absolute Gasteiger partial charge is 0.407 e. The molecule has 0 aliphatic carbocycles. The number of nitrogens with zero attached hydrogens (tertiary/aromatic N) is 3. The van der Waals surface area contributed by atoms with Gasteiger partial charge in [0.05, 0.1) is 16.8 Å². The molecule has 0 bridgehead atoms. The van der Waals surface area contributed by atoms with Crippen molar-refractivity contribution in [1.29, 1.82) is 5.41 Å². The third-order valence-corrected chi connectivity index (χ3v) is 4.63. The lowest BCUT2D eigenvalue weighted by Gasteiger charge is -2.30. The molecule has 0 saturated carbocycles. The maximum absolute atomic E-state index is 14.3. The monoisotopic (exact) mass is 406 g/mol. The summed E-state index contributed by atoms with van der Waals surface area (Å²) < 4.78 is 34.2. The molecule has 29 heavy (non-hydrogen) atoms. The Bertz CT molecular complexity index is 947. The Balaban J connectivity index is 1.75. The van der Waals surface area contributed by atoms with Crippen molar-refractivity contribution in [2.24, 2.45) is 5.73 Å². The van der Waals surface area contributed by atoms with Gasteiger partial charge in [0.15, 0.2) is 0 Å². The Kier molecular flexibility index (Phi) is 5.76. The van der Waals surface area contributed by atoms with Gasteiger partial charge in [-0.15, -0.1) is 0 Å². The second-order valence-electron chi connectivity index (χ2n) is 6.59. The van der Waals surface area contributed by atoms with Crippen LogP contribution in [-0.2, 0) is 0 Å². The lowest BCUT2D eigenvalue weighted by atomic mass is 10.1. The number of amidine groups is 1. The predicted molar refractivity (Wildman–Crippen MR) is 101 cm³/mol. The summed E-state index contributed by atoms with van der Waals surface area (Å²) in [6, 6.07) is 1.74. The molecule has 11 heteroatoms. The van der Waals surface area contributed by atoms with Crippen molar-refractivity contribution in [2.75, 3.05) is 18.4 Å². The average molecular weight is 406 g/mol. The highest BCUT2D eigenvalue weighted by Gasteiger charge is 2.24. The summed E-state index contributed by atoms with van der Waals surface area (Å²) >= 11 is 0. The summed E-state index contributed by atoms with van der Waals surface area (Å²) in [7, 11) is 0. The Labute approximate surface area is 165 Å². The first-order chi connectivity index (χ1) is 13.8. The lowest BCUT2D eigenvalue weighted by Crippen LogP contribution is -2.41. The first-order valence-corrected chi connectivity index (χ1v) is 8.83. The van der Waals surface area contributed by atoms with Gasteiger partial charge < -0.3 is 25.8 Å². The number of likely N-dealkylation sites (tertiary alicyclic amines) is 1. The number of ether oxygens (including phenoxy) is 1. The molecule has 3 rings (SSSR count). The van der Waals surface area contributed by atoms with Gasteiger partial charge in [0.1, 0.15) is 35.7 Å². The minimum absolute atomic E-state index is 0.171. The Morgan fingerprint density at radius 1 is 1.31 bits per heavy atom. The molecule has 0 unspecified atom stereocenters. The summed E-state index contributed by atoms with van der Waals surface area (Å²) in [4.78, 5) is 20.4. The topological polar surface area (TPSA) is 137 Å². The molecule has 0 radical (unpaired) electrons. The number of anilines is 2. The number of hydrogen-bond acceptors (Lipinski definition) is 6. The number of amides is 1. The van der Waals surface area contributed by atoms with Crippen LogP contribution < -0.4 is 15.8 Å². The van der Waals surface area contributed by atoms with Crippen LogP contribution >= 0.6 is 0 Å². The van der Waals surface area contributed by atoms with E-state index in [1.165, 1.54) is 11.2 Å². The average Bonchev–Trinajstić information content (AvgIpc) is 2.67. The highest BCUT2D eigenvalue weighted by molar-refractivity contribution is 5.95. The van der Waals surface area contributed by atoms with Crippen LogP contribution in [0.15, 0.2) is 18.5 Å². The van der Waals surface area contributed by atoms with Crippen molar-refractivity contribution < 1.29 is 23.4 Å². The number of nitrogens with two attached hydrogens (primary N) is 1. The Morgan fingerprint density at radius 2 is 2.00 bits per heavy atom. The third kappa shape index (κ3) is 4.50. The number of carbonyl (C=O) groups is 1. The summed E-state index contributed by atoms with van der Waals surface area (Å²) in [6.45, 7) is 2.40. The summed E-state index contributed by atoms with van der Waals surface area (Å²) in [5, 5.41) is 19.0. The van der Waals surface area contributed by atoms with E-state index in [1.54, 1.807) is 6.92 Å². The number of piperidine rings is 1. The molecule has 2 aromatic rings. The molecular weight excluding hydrogens is 386 g/mol. The number of aromatic nitrogens is 2. The number of hydrogen-bond donors (Lipinski definition) is 4. The van der Waals surface area contributed by atoms with Crippen LogP contribution in [0.1, 0.15) is 24.0 Å². The Hall–Kier alpha value is -3.50. The van der Waals surface area contributed by atoms with Crippen molar-refractivity contribution in [2.45, 2.75) is 25.9 Å². The van der Waals surface area contributed by atoms with Gasteiger partial charge in [0.25, 0.3) is 0 Å². The molecule has 5 N–H and O–H groups in total. The van der Waals surface area contributed by atoms with Gasteiger partial charge in [-0.1, -0.05) is 0 Å². The molecule has 1 aromatic heterocycles. The molecule has 154 valence electrons. The minimum atomic E-state index is -0.960. The van der Waals surface area contributed by atoms with Crippen molar-refractivity contribution >= 4 is 23.4 Å². The lowest BCUT2D eigenvalue weighted by molar-refractivity contribution is 0.0866. The summed E-state index contributed by atoms with van der Waals surface area (Å²) in [5.74, 6) is -1.70. The van der Waals surface area contributed by atoms with Crippen LogP contribution in [0.2, 0.25) is 0 Å². The van der Waals surface area contributed by atoms with Crippen LogP contribution in [0.25, 0.3) is 0 Å². The van der Waals surface area contributed by atoms with Crippen molar-refractivity contribution in [3.05, 3.63) is 41.2 Å². The van der Waals surface area contributed by atoms with E-state index in [2.05, 4.69) is 15.3 Å². The van der Waals surface area contributed by atoms with Gasteiger partial charge in [0.2, 0.25) is 5.88 Å². The van der Waals surface area contributed by atoms with E-state index in [0.717, 1.165) is 12.1 Å². The maximum Gasteiger partial charge on any atom is 0.407 e. The van der Waals surface area contributed by atoms with E-state index in [-0.39, 0.29) is 29.1 Å². The van der Waals surface area contributed by atoms with Gasteiger partial charge in [-0.2, -0.15) is 0 Å². The fraction of sp³-hybridized carbons (Fsp3) is 0.333. The predicted octanol–water partition coefficient (Wildman–Crippen LogP) is 2.61. The largest absolute Gasteiger partial charge is 0.474 e. The first kappa shape index (κ1) is 20.2. The van der Waals surface area contributed by atoms with Crippen molar-refractivity contribution in [3.63, 3.8) is 0 Å². The second-order valence-corrected chi connectivity index (χ2v) is 6.59. The SMILES string of the molecule is Cc1c(Nc2cc(F)c(C(=N)N)cc2F)ncnc1OC1CCN(C(=O)O)CC1. The number of rotatable bonds is 5. The van der Waals surface area contributed by atoms with E-state index in [0.29, 0.717) is 31.5 Å². The van der Waals surface area contributed by atoms with E-state index in [4.69, 9.17) is 21.0 Å². The molecule has 1 aliphatic rings. The zero-order valence-corrected chi connectivity index (χ0v) is 15.6. The molecule has 1 fully saturated rings. The highest BCUT2D eigenvalue weighted by Crippen LogP contribution is 2.28. The van der Waals surface area contributed by atoms with E-state index >= 15 is 0 Å². The van der Waals surface area contributed by atoms with Crippen LogP contribution in [0.4, 0.5) is 25.1 Å². The summed E-state index contributed by atoms with van der Waals surface area (Å²) in [5.41, 5.74) is 5.22. The third-order valence-electron chi connectivity index (χ3n) is 4.63. The Morgan fingerprint density at radius 3 is 2.62 bits per heavy atom. The molecule has 1 saturated heterocycles. The normalized spacial score (nSPS) is 14.5. The molecule has 9 nitrogen and oxygen atoms in total. The molecular formula is C18H20F2N6O3. The maximum atomic E-state index is 14.3. The molecule has 1 aromatic carbocycles. The highest BCUT2D eigenvalue weighted by atomic mass is 19.1.